The maximum absolute atomic E-state index is 12.1. The predicted molar refractivity (Wildman–Crippen MR) is 118 cm³/mol. The number of hydrogen-bond donors (Lipinski definition) is 2. The fraction of sp³-hybridized carbons (Fsp3) is 0.333. The van der Waals surface area contributed by atoms with Crippen molar-refractivity contribution in [3.8, 4) is 23.0 Å². The SMILES string of the molecule is COc1ccc(Oc2ccc(C3CC(=O)Nc4n[nH]cc43)cc2OC)c(C(C)(C)C)c1. The Bertz CT molecular complexity index is 1110. The van der Waals surface area contributed by atoms with Crippen LogP contribution >= 0.6 is 0 Å². The van der Waals surface area contributed by atoms with Crippen molar-refractivity contribution in [1.82, 2.24) is 10.2 Å². The summed E-state index contributed by atoms with van der Waals surface area (Å²) in [5.74, 6) is 3.15. The number of carbonyl (C=O) groups excluding carboxylic acids is 1. The minimum Gasteiger partial charge on any atom is -0.497 e. The second kappa shape index (κ2) is 7.98. The van der Waals surface area contributed by atoms with E-state index in [1.165, 1.54) is 0 Å². The van der Waals surface area contributed by atoms with Gasteiger partial charge in [-0.3, -0.25) is 9.89 Å². The molecule has 1 amide bonds. The van der Waals surface area contributed by atoms with Gasteiger partial charge in [-0.2, -0.15) is 5.10 Å². The third kappa shape index (κ3) is 4.08. The number of nitrogens with zero attached hydrogens (tertiary/aromatic N) is 1. The zero-order chi connectivity index (χ0) is 22.2. The average molecular weight is 421 g/mol. The van der Waals surface area contributed by atoms with Crippen LogP contribution in [0.2, 0.25) is 0 Å². The number of ether oxygens (including phenoxy) is 3. The number of carbonyl (C=O) groups is 1. The molecule has 1 unspecified atom stereocenters. The fourth-order valence-corrected chi connectivity index (χ4v) is 3.86. The summed E-state index contributed by atoms with van der Waals surface area (Å²) in [4.78, 5) is 12.1. The minimum absolute atomic E-state index is 0.0584. The van der Waals surface area contributed by atoms with E-state index < -0.39 is 0 Å². The third-order valence-corrected chi connectivity index (χ3v) is 5.50. The van der Waals surface area contributed by atoms with Crippen molar-refractivity contribution < 1.29 is 19.0 Å². The number of nitrogens with one attached hydrogen (secondary N) is 2. The summed E-state index contributed by atoms with van der Waals surface area (Å²) in [5, 5.41) is 9.75. The van der Waals surface area contributed by atoms with Crippen LogP contribution in [0.25, 0.3) is 0 Å². The molecule has 1 aliphatic heterocycles. The lowest BCUT2D eigenvalue weighted by Gasteiger charge is -2.25. The third-order valence-electron chi connectivity index (χ3n) is 5.50. The summed E-state index contributed by atoms with van der Waals surface area (Å²) < 4.78 is 17.3. The fourth-order valence-electron chi connectivity index (χ4n) is 3.86. The zero-order valence-electron chi connectivity index (χ0n) is 18.4. The Morgan fingerprint density at radius 3 is 2.48 bits per heavy atom. The number of H-pyrrole nitrogens is 1. The van der Waals surface area contributed by atoms with E-state index in [4.69, 9.17) is 14.2 Å². The molecule has 2 heterocycles. The Balaban J connectivity index is 1.69. The summed E-state index contributed by atoms with van der Waals surface area (Å²) in [6.45, 7) is 6.39. The highest BCUT2D eigenvalue weighted by atomic mass is 16.5. The van der Waals surface area contributed by atoms with Gasteiger partial charge < -0.3 is 19.5 Å². The molecule has 7 nitrogen and oxygen atoms in total. The number of aromatic nitrogens is 2. The minimum atomic E-state index is -0.135. The maximum atomic E-state index is 12.1. The molecule has 7 heteroatoms. The molecular formula is C24H27N3O4. The number of benzene rings is 2. The second-order valence-electron chi connectivity index (χ2n) is 8.62. The Morgan fingerprint density at radius 1 is 1.00 bits per heavy atom. The number of amides is 1. The van der Waals surface area contributed by atoms with Crippen LogP contribution in [0.4, 0.5) is 5.82 Å². The molecule has 2 N–H and O–H groups in total. The molecule has 2 aromatic carbocycles. The molecule has 0 radical (unpaired) electrons. The van der Waals surface area contributed by atoms with Crippen molar-refractivity contribution in [2.75, 3.05) is 19.5 Å². The van der Waals surface area contributed by atoms with E-state index in [0.717, 1.165) is 28.2 Å². The van der Waals surface area contributed by atoms with Crippen LogP contribution in [-0.4, -0.2) is 30.3 Å². The first-order valence-electron chi connectivity index (χ1n) is 10.2. The molecule has 0 aliphatic carbocycles. The van der Waals surface area contributed by atoms with Crippen molar-refractivity contribution in [3.05, 3.63) is 59.3 Å². The highest BCUT2D eigenvalue weighted by Gasteiger charge is 2.29. The number of anilines is 1. The Labute approximate surface area is 181 Å². The van der Waals surface area contributed by atoms with Crippen LogP contribution in [0, 0.1) is 0 Å². The first-order chi connectivity index (χ1) is 14.8. The van der Waals surface area contributed by atoms with E-state index in [2.05, 4.69) is 36.3 Å². The summed E-state index contributed by atoms with van der Waals surface area (Å²) in [6, 6.07) is 11.6. The maximum Gasteiger partial charge on any atom is 0.226 e. The lowest BCUT2D eigenvalue weighted by molar-refractivity contribution is -0.116. The first kappa shape index (κ1) is 20.8. The molecule has 4 rings (SSSR count). The van der Waals surface area contributed by atoms with Crippen LogP contribution in [0.15, 0.2) is 42.6 Å². The Morgan fingerprint density at radius 2 is 1.77 bits per heavy atom. The van der Waals surface area contributed by atoms with E-state index in [9.17, 15) is 4.79 Å². The standard InChI is InChI=1S/C24H27N3O4/c1-24(2,3)18-11-15(29-4)7-9-19(18)31-20-8-6-14(10-21(20)30-5)16-12-22(28)26-23-17(16)13-25-27-23/h6-11,13,16H,12H2,1-5H3,(H2,25,26,27,28). The molecule has 0 bridgehead atoms. The number of methoxy groups -OCH3 is 2. The van der Waals surface area contributed by atoms with Gasteiger partial charge in [0.2, 0.25) is 5.91 Å². The van der Waals surface area contributed by atoms with Gasteiger partial charge in [0.25, 0.3) is 0 Å². The Hall–Kier alpha value is -3.48. The van der Waals surface area contributed by atoms with E-state index >= 15 is 0 Å². The molecule has 1 aliphatic rings. The monoisotopic (exact) mass is 421 g/mol. The largest absolute Gasteiger partial charge is 0.497 e. The van der Waals surface area contributed by atoms with Crippen molar-refractivity contribution in [2.45, 2.75) is 38.5 Å². The van der Waals surface area contributed by atoms with Crippen LogP contribution in [-0.2, 0) is 10.2 Å². The lowest BCUT2D eigenvalue weighted by atomic mass is 9.86. The van der Waals surface area contributed by atoms with Crippen LogP contribution in [0.1, 0.15) is 49.8 Å². The molecular weight excluding hydrogens is 394 g/mol. The smallest absolute Gasteiger partial charge is 0.226 e. The molecule has 31 heavy (non-hydrogen) atoms. The summed E-state index contributed by atoms with van der Waals surface area (Å²) in [7, 11) is 3.27. The molecule has 3 aromatic rings. The summed E-state index contributed by atoms with van der Waals surface area (Å²) >= 11 is 0. The molecule has 0 saturated carbocycles. The molecule has 1 atom stereocenters. The van der Waals surface area contributed by atoms with E-state index in [0.29, 0.717) is 23.7 Å². The van der Waals surface area contributed by atoms with Crippen molar-refractivity contribution in [3.63, 3.8) is 0 Å². The van der Waals surface area contributed by atoms with Crippen LogP contribution in [0.5, 0.6) is 23.0 Å². The van der Waals surface area contributed by atoms with Crippen LogP contribution in [0.3, 0.4) is 0 Å². The van der Waals surface area contributed by atoms with Gasteiger partial charge in [0, 0.05) is 29.7 Å². The van der Waals surface area contributed by atoms with Gasteiger partial charge in [-0.15, -0.1) is 0 Å². The topological polar surface area (TPSA) is 85.5 Å². The number of fused-ring (bicyclic) bond motifs is 1. The van der Waals surface area contributed by atoms with Crippen molar-refractivity contribution in [1.29, 1.82) is 0 Å². The normalized spacial score (nSPS) is 15.8. The summed E-state index contributed by atoms with van der Waals surface area (Å²) in [6.07, 6.45) is 2.17. The van der Waals surface area contributed by atoms with Gasteiger partial charge in [0.1, 0.15) is 11.5 Å². The molecule has 0 fully saturated rings. The summed E-state index contributed by atoms with van der Waals surface area (Å²) in [5.41, 5.74) is 2.82. The number of aromatic amines is 1. The van der Waals surface area contributed by atoms with E-state index in [1.54, 1.807) is 14.2 Å². The van der Waals surface area contributed by atoms with Gasteiger partial charge in [0.05, 0.1) is 14.2 Å². The molecule has 0 saturated heterocycles. The highest BCUT2D eigenvalue weighted by molar-refractivity contribution is 5.94. The van der Waals surface area contributed by atoms with Gasteiger partial charge >= 0.3 is 0 Å². The van der Waals surface area contributed by atoms with E-state index in [1.807, 2.05) is 42.6 Å². The van der Waals surface area contributed by atoms with E-state index in [-0.39, 0.29) is 17.2 Å². The van der Waals surface area contributed by atoms with Crippen molar-refractivity contribution >= 4 is 11.7 Å². The average Bonchev–Trinajstić information content (AvgIpc) is 3.21. The Kier molecular flexibility index (Phi) is 5.35. The van der Waals surface area contributed by atoms with Gasteiger partial charge in [0.15, 0.2) is 17.3 Å². The highest BCUT2D eigenvalue weighted by Crippen LogP contribution is 2.42. The first-order valence-corrected chi connectivity index (χ1v) is 10.2. The second-order valence-corrected chi connectivity index (χ2v) is 8.62. The number of hydrogen-bond acceptors (Lipinski definition) is 5. The predicted octanol–water partition coefficient (Wildman–Crippen LogP) is 4.99. The van der Waals surface area contributed by atoms with Gasteiger partial charge in [-0.05, 0) is 41.3 Å². The number of rotatable bonds is 5. The van der Waals surface area contributed by atoms with Gasteiger partial charge in [-0.25, -0.2) is 0 Å². The zero-order valence-corrected chi connectivity index (χ0v) is 18.4. The quantitative estimate of drug-likeness (QED) is 0.606. The van der Waals surface area contributed by atoms with Crippen LogP contribution < -0.4 is 19.5 Å². The van der Waals surface area contributed by atoms with Gasteiger partial charge in [-0.1, -0.05) is 26.8 Å². The molecule has 0 spiro atoms. The molecule has 1 aromatic heterocycles. The lowest BCUT2D eigenvalue weighted by Crippen LogP contribution is -2.23. The van der Waals surface area contributed by atoms with Crippen molar-refractivity contribution in [2.24, 2.45) is 0 Å². The molecule has 162 valence electrons.